The third-order valence-corrected chi connectivity index (χ3v) is 6.08. The van der Waals surface area contributed by atoms with Crippen molar-refractivity contribution >= 4 is 17.7 Å². The maximum atomic E-state index is 13.4. The van der Waals surface area contributed by atoms with Crippen LogP contribution in [0.5, 0.6) is 17.2 Å². The van der Waals surface area contributed by atoms with E-state index in [-0.39, 0.29) is 40.6 Å². The fourth-order valence-corrected chi connectivity index (χ4v) is 4.04. The van der Waals surface area contributed by atoms with Crippen molar-refractivity contribution in [3.63, 3.8) is 0 Å². The predicted octanol–water partition coefficient (Wildman–Crippen LogP) is 2.28. The summed E-state index contributed by atoms with van der Waals surface area (Å²) in [5, 5.41) is 39.5. The van der Waals surface area contributed by atoms with Gasteiger partial charge in [-0.15, -0.1) is 0 Å². The van der Waals surface area contributed by atoms with Crippen molar-refractivity contribution in [2.24, 2.45) is 0 Å². The number of aliphatic carboxylic acids is 1. The van der Waals surface area contributed by atoms with Crippen molar-refractivity contribution in [3.8, 4) is 28.7 Å². The van der Waals surface area contributed by atoms with E-state index in [1.807, 2.05) is 0 Å². The first-order valence-electron chi connectivity index (χ1n) is 12.5. The van der Waals surface area contributed by atoms with Crippen LogP contribution in [0.4, 0.5) is 14.6 Å². The summed E-state index contributed by atoms with van der Waals surface area (Å²) in [5.41, 5.74) is 0.300. The van der Waals surface area contributed by atoms with E-state index >= 15 is 0 Å². The number of aromatic nitrogens is 1. The molecular formula is C27H28F2N2O11. The number of ether oxygens (including phenoxy) is 4. The zero-order valence-electron chi connectivity index (χ0n) is 22.5. The average molecular weight is 595 g/mol. The number of anilines is 1. The van der Waals surface area contributed by atoms with E-state index in [1.165, 1.54) is 55.8 Å². The number of benzene rings is 2. The Bertz CT molecular complexity index is 1420. The number of hydrogen-bond acceptors (Lipinski definition) is 11. The number of aliphatic hydroxyl groups is 3. The van der Waals surface area contributed by atoms with Crippen molar-refractivity contribution in [2.45, 2.75) is 57.3 Å². The lowest BCUT2D eigenvalue weighted by atomic mass is 9.99. The maximum Gasteiger partial charge on any atom is 0.387 e. The lowest BCUT2D eigenvalue weighted by Crippen LogP contribution is -2.61. The normalized spacial score (nSPS) is 22.2. The maximum absolute atomic E-state index is 13.4. The summed E-state index contributed by atoms with van der Waals surface area (Å²) < 4.78 is 52.0. The van der Waals surface area contributed by atoms with Gasteiger partial charge in [-0.1, -0.05) is 12.1 Å². The Morgan fingerprint density at radius 2 is 1.69 bits per heavy atom. The number of oxazole rings is 1. The SMILES string of the molecule is CC(C)Oc1cc(-c2nc(N(C)C(=O)c3ccccc3O[C@@H]3O[C@H](C(=O)O)[C@@H](O)[C@H](O)[C@H]3O)co2)ccc1OC(F)F. The van der Waals surface area contributed by atoms with Crippen molar-refractivity contribution < 1.29 is 62.2 Å². The second-order valence-corrected chi connectivity index (χ2v) is 9.43. The molecular weight excluding hydrogens is 566 g/mol. The second-order valence-electron chi connectivity index (χ2n) is 9.43. The molecule has 2 heterocycles. The molecule has 13 nitrogen and oxygen atoms in total. The lowest BCUT2D eigenvalue weighted by Gasteiger charge is -2.38. The molecule has 1 fully saturated rings. The van der Waals surface area contributed by atoms with Gasteiger partial charge in [0.05, 0.1) is 11.7 Å². The number of para-hydroxylation sites is 1. The Kier molecular flexibility index (Phi) is 9.26. The quantitative estimate of drug-likeness (QED) is 0.269. The largest absolute Gasteiger partial charge is 0.487 e. The van der Waals surface area contributed by atoms with Crippen LogP contribution in [0.25, 0.3) is 11.5 Å². The number of amides is 1. The molecule has 0 unspecified atom stereocenters. The Balaban J connectivity index is 1.56. The van der Waals surface area contributed by atoms with Gasteiger partial charge in [-0.3, -0.25) is 9.69 Å². The Labute approximate surface area is 237 Å². The summed E-state index contributed by atoms with van der Waals surface area (Å²) in [6.45, 7) is 0.358. The van der Waals surface area contributed by atoms with Crippen molar-refractivity contribution in [2.75, 3.05) is 11.9 Å². The first-order chi connectivity index (χ1) is 19.9. The minimum absolute atomic E-state index is 0.0351. The van der Waals surface area contributed by atoms with Crippen LogP contribution in [0.3, 0.4) is 0 Å². The number of carbonyl (C=O) groups excluding carboxylic acids is 1. The Hall–Kier alpha value is -4.31. The van der Waals surface area contributed by atoms with Crippen molar-refractivity contribution in [3.05, 3.63) is 54.3 Å². The molecule has 1 aromatic heterocycles. The van der Waals surface area contributed by atoms with Gasteiger partial charge in [0.2, 0.25) is 12.2 Å². The van der Waals surface area contributed by atoms with Crippen LogP contribution < -0.4 is 19.1 Å². The summed E-state index contributed by atoms with van der Waals surface area (Å²) in [7, 11) is 1.39. The molecule has 0 aliphatic carbocycles. The van der Waals surface area contributed by atoms with Crippen LogP contribution in [0.2, 0.25) is 0 Å². The van der Waals surface area contributed by atoms with Crippen LogP contribution in [-0.4, -0.2) is 87.8 Å². The molecule has 2 aromatic carbocycles. The van der Waals surface area contributed by atoms with E-state index in [2.05, 4.69) is 9.72 Å². The van der Waals surface area contributed by atoms with Crippen LogP contribution in [0.1, 0.15) is 24.2 Å². The van der Waals surface area contributed by atoms with Gasteiger partial charge in [-0.25, -0.2) is 4.79 Å². The molecule has 1 amide bonds. The summed E-state index contributed by atoms with van der Waals surface area (Å²) in [6, 6.07) is 9.89. The zero-order valence-corrected chi connectivity index (χ0v) is 22.5. The summed E-state index contributed by atoms with van der Waals surface area (Å²) in [6.07, 6.45) is -8.44. The number of rotatable bonds is 10. The molecule has 5 atom stereocenters. The van der Waals surface area contributed by atoms with Crippen LogP contribution >= 0.6 is 0 Å². The first kappa shape index (κ1) is 30.6. The minimum Gasteiger partial charge on any atom is -0.487 e. The van der Waals surface area contributed by atoms with E-state index < -0.39 is 49.2 Å². The number of aliphatic hydroxyl groups excluding tert-OH is 3. The zero-order chi connectivity index (χ0) is 30.7. The molecule has 15 heteroatoms. The van der Waals surface area contributed by atoms with Gasteiger partial charge in [0.15, 0.2) is 23.4 Å². The van der Waals surface area contributed by atoms with E-state index in [9.17, 15) is 38.8 Å². The van der Waals surface area contributed by atoms with Gasteiger partial charge in [0, 0.05) is 12.6 Å². The van der Waals surface area contributed by atoms with Gasteiger partial charge in [0.1, 0.15) is 30.3 Å². The monoisotopic (exact) mass is 594 g/mol. The summed E-state index contributed by atoms with van der Waals surface area (Å²) in [5.74, 6) is -2.42. The number of nitrogens with zero attached hydrogens (tertiary/aromatic N) is 2. The molecule has 4 rings (SSSR count). The number of alkyl halides is 2. The van der Waals surface area contributed by atoms with Crippen molar-refractivity contribution in [1.82, 2.24) is 4.98 Å². The number of halogens is 2. The van der Waals surface area contributed by atoms with Crippen LogP contribution in [0.15, 0.2) is 53.1 Å². The van der Waals surface area contributed by atoms with Gasteiger partial charge in [-0.2, -0.15) is 13.8 Å². The van der Waals surface area contributed by atoms with Gasteiger partial charge >= 0.3 is 12.6 Å². The van der Waals surface area contributed by atoms with Crippen molar-refractivity contribution in [1.29, 1.82) is 0 Å². The first-order valence-corrected chi connectivity index (χ1v) is 12.5. The molecule has 0 saturated carbocycles. The molecule has 1 aliphatic rings. The van der Waals surface area contributed by atoms with Gasteiger partial charge < -0.3 is 43.8 Å². The third-order valence-electron chi connectivity index (χ3n) is 6.08. The van der Waals surface area contributed by atoms with E-state index in [1.54, 1.807) is 13.8 Å². The highest BCUT2D eigenvalue weighted by Crippen LogP contribution is 2.35. The molecule has 0 bridgehead atoms. The smallest absolute Gasteiger partial charge is 0.387 e. The molecule has 4 N–H and O–H groups in total. The fraction of sp³-hybridized carbons (Fsp3) is 0.370. The standard InChI is InChI=1S/C27H28F2N2O11/c1-12(2)39-17-10-13(8-9-16(17)41-27(28)29)23-30-18(11-38-23)31(3)24(35)14-6-4-5-7-15(14)40-26-21(34)19(32)20(33)22(42-26)25(36)37/h4-12,19-22,26-27,32-34H,1-3H3,(H,36,37)/t19-,20-,21+,22-,26+/m0/s1. The molecule has 3 aromatic rings. The number of carboxylic acid groups (broad SMARTS) is 1. The highest BCUT2D eigenvalue weighted by molar-refractivity contribution is 6.07. The van der Waals surface area contributed by atoms with E-state index in [4.69, 9.17) is 18.6 Å². The molecule has 0 spiro atoms. The topological polar surface area (TPSA) is 181 Å². The fourth-order valence-electron chi connectivity index (χ4n) is 4.04. The predicted molar refractivity (Wildman–Crippen MR) is 138 cm³/mol. The average Bonchev–Trinajstić information content (AvgIpc) is 3.43. The minimum atomic E-state index is -3.06. The molecule has 1 aliphatic heterocycles. The molecule has 0 radical (unpaired) electrons. The van der Waals surface area contributed by atoms with Crippen LogP contribution in [0, 0.1) is 0 Å². The number of hydrogen-bond donors (Lipinski definition) is 4. The van der Waals surface area contributed by atoms with E-state index in [0.717, 1.165) is 4.90 Å². The second kappa shape index (κ2) is 12.7. The van der Waals surface area contributed by atoms with Crippen LogP contribution in [-0.2, 0) is 9.53 Å². The lowest BCUT2D eigenvalue weighted by molar-refractivity contribution is -0.271. The molecule has 1 saturated heterocycles. The molecule has 42 heavy (non-hydrogen) atoms. The Morgan fingerprint density at radius 1 is 0.976 bits per heavy atom. The van der Waals surface area contributed by atoms with Gasteiger partial charge in [-0.05, 0) is 44.2 Å². The highest BCUT2D eigenvalue weighted by atomic mass is 19.3. The number of carbonyl (C=O) groups is 2. The molecule has 226 valence electrons. The third kappa shape index (κ3) is 6.60. The summed E-state index contributed by atoms with van der Waals surface area (Å²) >= 11 is 0. The highest BCUT2D eigenvalue weighted by Gasteiger charge is 2.48. The van der Waals surface area contributed by atoms with Gasteiger partial charge in [0.25, 0.3) is 5.91 Å². The number of carboxylic acids is 1. The van der Waals surface area contributed by atoms with E-state index in [0.29, 0.717) is 5.56 Å². The summed E-state index contributed by atoms with van der Waals surface area (Å²) in [4.78, 5) is 30.3. The Morgan fingerprint density at radius 3 is 2.36 bits per heavy atom.